The second-order valence-electron chi connectivity index (χ2n) is 4.30. The predicted octanol–water partition coefficient (Wildman–Crippen LogP) is 2.63. The fraction of sp³-hybridized carbons (Fsp3) is 0.923. The number of aliphatic hydroxyl groups is 1. The molecule has 0 atom stereocenters. The summed E-state index contributed by atoms with van der Waals surface area (Å²) in [5.74, 6) is 0.127. The van der Waals surface area contributed by atoms with Crippen LogP contribution in [0.3, 0.4) is 0 Å². The van der Waals surface area contributed by atoms with Crippen molar-refractivity contribution in [1.29, 1.82) is 0 Å². The molecule has 0 saturated carbocycles. The third-order valence-corrected chi connectivity index (χ3v) is 2.66. The third kappa shape index (κ3) is 11.5. The summed E-state index contributed by atoms with van der Waals surface area (Å²) in [6.45, 7) is 2.97. The Morgan fingerprint density at radius 1 is 1.00 bits per heavy atom. The van der Waals surface area contributed by atoms with Crippen LogP contribution in [0.1, 0.15) is 64.7 Å². The molecule has 0 aromatic heterocycles. The molecule has 2 N–H and O–H groups in total. The van der Waals surface area contributed by atoms with Gasteiger partial charge in [0, 0.05) is 19.6 Å². The van der Waals surface area contributed by atoms with Crippen molar-refractivity contribution in [2.24, 2.45) is 0 Å². The smallest absolute Gasteiger partial charge is 0.219 e. The maximum absolute atomic E-state index is 11.3. The Hall–Kier alpha value is -0.570. The molecule has 0 unspecified atom stereocenters. The highest BCUT2D eigenvalue weighted by atomic mass is 16.3. The van der Waals surface area contributed by atoms with E-state index in [1.54, 1.807) is 0 Å². The number of carbonyl (C=O) groups is 1. The number of nitrogens with one attached hydrogen (secondary N) is 1. The van der Waals surface area contributed by atoms with Gasteiger partial charge in [-0.1, -0.05) is 45.4 Å². The van der Waals surface area contributed by atoms with E-state index in [1.807, 2.05) is 0 Å². The van der Waals surface area contributed by atoms with E-state index in [0.717, 1.165) is 12.8 Å². The fourth-order valence-corrected chi connectivity index (χ4v) is 1.64. The van der Waals surface area contributed by atoms with Gasteiger partial charge in [0.1, 0.15) is 0 Å². The van der Waals surface area contributed by atoms with Gasteiger partial charge < -0.3 is 10.4 Å². The first-order valence-corrected chi connectivity index (χ1v) is 6.68. The number of hydrogen-bond donors (Lipinski definition) is 2. The van der Waals surface area contributed by atoms with E-state index in [0.29, 0.717) is 19.4 Å². The molecule has 1 amide bonds. The van der Waals surface area contributed by atoms with Gasteiger partial charge in [0.05, 0.1) is 0 Å². The fourth-order valence-electron chi connectivity index (χ4n) is 1.64. The van der Waals surface area contributed by atoms with Crippen LogP contribution in [0.5, 0.6) is 0 Å². The van der Waals surface area contributed by atoms with Gasteiger partial charge in [-0.15, -0.1) is 0 Å². The van der Waals surface area contributed by atoms with Crippen molar-refractivity contribution in [2.45, 2.75) is 64.7 Å². The Balaban J connectivity index is 3.09. The average molecular weight is 229 g/mol. The summed E-state index contributed by atoms with van der Waals surface area (Å²) in [4.78, 5) is 11.3. The van der Waals surface area contributed by atoms with E-state index >= 15 is 0 Å². The highest BCUT2D eigenvalue weighted by molar-refractivity contribution is 5.75. The molecule has 0 bridgehead atoms. The number of carbonyl (C=O) groups excluding carboxylic acids is 1. The molecule has 0 rings (SSSR count). The molecule has 0 aliphatic carbocycles. The quantitative estimate of drug-likeness (QED) is 0.535. The van der Waals surface area contributed by atoms with Crippen LogP contribution in [0.15, 0.2) is 0 Å². The normalized spacial score (nSPS) is 10.4. The number of amides is 1. The van der Waals surface area contributed by atoms with Crippen molar-refractivity contribution < 1.29 is 9.90 Å². The van der Waals surface area contributed by atoms with Gasteiger partial charge in [0.15, 0.2) is 0 Å². The van der Waals surface area contributed by atoms with E-state index in [9.17, 15) is 4.79 Å². The minimum absolute atomic E-state index is 0.127. The Morgan fingerprint density at radius 2 is 1.62 bits per heavy atom. The Kier molecular flexibility index (Phi) is 12.1. The molecule has 3 nitrogen and oxygen atoms in total. The standard InChI is InChI=1S/C13H27NO2/c1-2-3-4-5-6-7-8-10-13(16)14-11-9-12-15/h15H,2-12H2,1H3,(H,14,16). The van der Waals surface area contributed by atoms with E-state index in [2.05, 4.69) is 12.2 Å². The number of rotatable bonds is 11. The zero-order valence-corrected chi connectivity index (χ0v) is 10.6. The van der Waals surface area contributed by atoms with Gasteiger partial charge in [0.2, 0.25) is 5.91 Å². The molecule has 0 radical (unpaired) electrons. The third-order valence-electron chi connectivity index (χ3n) is 2.66. The first-order valence-electron chi connectivity index (χ1n) is 6.68. The summed E-state index contributed by atoms with van der Waals surface area (Å²) < 4.78 is 0. The first-order chi connectivity index (χ1) is 7.81. The first kappa shape index (κ1) is 15.4. The van der Waals surface area contributed by atoms with Crippen LogP contribution >= 0.6 is 0 Å². The second kappa shape index (κ2) is 12.5. The number of hydrogen-bond acceptors (Lipinski definition) is 2. The van der Waals surface area contributed by atoms with E-state index < -0.39 is 0 Å². The lowest BCUT2D eigenvalue weighted by atomic mass is 10.1. The molecule has 0 spiro atoms. The van der Waals surface area contributed by atoms with E-state index in [4.69, 9.17) is 5.11 Å². The molecule has 0 fully saturated rings. The van der Waals surface area contributed by atoms with Crippen LogP contribution in [-0.2, 0) is 4.79 Å². The Bertz CT molecular complexity index is 160. The SMILES string of the molecule is CCCCCCCCCC(=O)NCCCO. The maximum Gasteiger partial charge on any atom is 0.219 e. The van der Waals surface area contributed by atoms with Crippen molar-refractivity contribution >= 4 is 5.91 Å². The predicted molar refractivity (Wildman–Crippen MR) is 67.3 cm³/mol. The van der Waals surface area contributed by atoms with Gasteiger partial charge in [-0.05, 0) is 12.8 Å². The molecule has 0 aliphatic heterocycles. The van der Waals surface area contributed by atoms with Crippen molar-refractivity contribution in [3.63, 3.8) is 0 Å². The van der Waals surface area contributed by atoms with Crippen LogP contribution in [0.2, 0.25) is 0 Å². The van der Waals surface area contributed by atoms with Gasteiger partial charge in [-0.2, -0.15) is 0 Å². The summed E-state index contributed by atoms with van der Waals surface area (Å²) in [6, 6.07) is 0. The van der Waals surface area contributed by atoms with Crippen molar-refractivity contribution in [1.82, 2.24) is 5.32 Å². The monoisotopic (exact) mass is 229 g/mol. The molecule has 0 aromatic rings. The summed E-state index contributed by atoms with van der Waals surface area (Å²) in [5.41, 5.74) is 0. The van der Waals surface area contributed by atoms with Crippen LogP contribution in [0.4, 0.5) is 0 Å². The topological polar surface area (TPSA) is 49.3 Å². The molecule has 0 heterocycles. The lowest BCUT2D eigenvalue weighted by Gasteiger charge is -2.04. The minimum atomic E-state index is 0.127. The van der Waals surface area contributed by atoms with Crippen molar-refractivity contribution in [3.8, 4) is 0 Å². The zero-order chi connectivity index (χ0) is 12.1. The molecule has 0 saturated heterocycles. The van der Waals surface area contributed by atoms with Crippen LogP contribution in [0, 0.1) is 0 Å². The van der Waals surface area contributed by atoms with E-state index in [1.165, 1.54) is 32.1 Å². The average Bonchev–Trinajstić information content (AvgIpc) is 2.28. The molecule has 0 aromatic carbocycles. The molecule has 96 valence electrons. The zero-order valence-electron chi connectivity index (χ0n) is 10.6. The second-order valence-corrected chi connectivity index (χ2v) is 4.30. The minimum Gasteiger partial charge on any atom is -0.396 e. The van der Waals surface area contributed by atoms with Crippen molar-refractivity contribution in [2.75, 3.05) is 13.2 Å². The van der Waals surface area contributed by atoms with Crippen LogP contribution in [0.25, 0.3) is 0 Å². The molecular weight excluding hydrogens is 202 g/mol. The molecule has 0 aliphatic rings. The lowest BCUT2D eigenvalue weighted by molar-refractivity contribution is -0.121. The van der Waals surface area contributed by atoms with Gasteiger partial charge >= 0.3 is 0 Å². The number of aliphatic hydroxyl groups excluding tert-OH is 1. The lowest BCUT2D eigenvalue weighted by Crippen LogP contribution is -2.24. The Labute approximate surface area is 99.6 Å². The summed E-state index contributed by atoms with van der Waals surface area (Å²) in [6.07, 6.45) is 9.97. The molecular formula is C13H27NO2. The highest BCUT2D eigenvalue weighted by Gasteiger charge is 1.99. The highest BCUT2D eigenvalue weighted by Crippen LogP contribution is 2.08. The van der Waals surface area contributed by atoms with Crippen LogP contribution in [-0.4, -0.2) is 24.2 Å². The summed E-state index contributed by atoms with van der Waals surface area (Å²) in [5, 5.41) is 11.3. The Morgan fingerprint density at radius 3 is 2.25 bits per heavy atom. The van der Waals surface area contributed by atoms with Gasteiger partial charge in [-0.25, -0.2) is 0 Å². The van der Waals surface area contributed by atoms with E-state index in [-0.39, 0.29) is 12.5 Å². The summed E-state index contributed by atoms with van der Waals surface area (Å²) in [7, 11) is 0. The maximum atomic E-state index is 11.3. The van der Waals surface area contributed by atoms with Crippen molar-refractivity contribution in [3.05, 3.63) is 0 Å². The molecule has 3 heteroatoms. The number of unbranched alkanes of at least 4 members (excludes halogenated alkanes) is 6. The summed E-state index contributed by atoms with van der Waals surface area (Å²) >= 11 is 0. The van der Waals surface area contributed by atoms with Crippen LogP contribution < -0.4 is 5.32 Å². The van der Waals surface area contributed by atoms with Gasteiger partial charge in [0.25, 0.3) is 0 Å². The van der Waals surface area contributed by atoms with Gasteiger partial charge in [-0.3, -0.25) is 4.79 Å². The largest absolute Gasteiger partial charge is 0.396 e. The molecule has 16 heavy (non-hydrogen) atoms.